The van der Waals surface area contributed by atoms with Gasteiger partial charge in [-0.05, 0) is 48.2 Å². The summed E-state index contributed by atoms with van der Waals surface area (Å²) in [5, 5.41) is 14.8. The van der Waals surface area contributed by atoms with E-state index in [0.29, 0.717) is 38.5 Å². The lowest BCUT2D eigenvalue weighted by molar-refractivity contribution is -0.159. The lowest BCUT2D eigenvalue weighted by Gasteiger charge is -2.35. The van der Waals surface area contributed by atoms with E-state index in [1.807, 2.05) is 41.3 Å². The van der Waals surface area contributed by atoms with Crippen LogP contribution in [0.2, 0.25) is 0 Å². The van der Waals surface area contributed by atoms with Crippen molar-refractivity contribution >= 4 is 35.1 Å². The summed E-state index contributed by atoms with van der Waals surface area (Å²) < 4.78 is 5.23. The molecule has 0 spiro atoms. The van der Waals surface area contributed by atoms with Crippen molar-refractivity contribution in [3.05, 3.63) is 83.8 Å². The van der Waals surface area contributed by atoms with Gasteiger partial charge in [0, 0.05) is 26.2 Å². The second kappa shape index (κ2) is 11.5. The van der Waals surface area contributed by atoms with E-state index in [2.05, 4.69) is 17.0 Å². The van der Waals surface area contributed by atoms with Crippen molar-refractivity contribution < 1.29 is 33.8 Å². The molecule has 5 rings (SSSR count). The van der Waals surface area contributed by atoms with E-state index in [-0.39, 0.29) is 11.8 Å². The van der Waals surface area contributed by atoms with Crippen molar-refractivity contribution in [3.8, 4) is 0 Å². The Morgan fingerprint density at radius 2 is 1.27 bits per heavy atom. The molecule has 0 bridgehead atoms. The number of aliphatic carboxylic acids is 2. The van der Waals surface area contributed by atoms with Crippen LogP contribution in [-0.4, -0.2) is 76.5 Å². The van der Waals surface area contributed by atoms with Crippen LogP contribution in [0.3, 0.4) is 0 Å². The molecule has 192 valence electrons. The van der Waals surface area contributed by atoms with E-state index in [0.717, 1.165) is 24.2 Å². The Labute approximate surface area is 213 Å². The number of furan rings is 1. The number of benzene rings is 2. The number of piperazine rings is 1. The summed E-state index contributed by atoms with van der Waals surface area (Å²) in [5.74, 6) is -3.31. The average Bonchev–Trinajstić information content (AvgIpc) is 3.39. The highest BCUT2D eigenvalue weighted by Gasteiger charge is 2.29. The van der Waals surface area contributed by atoms with Gasteiger partial charge in [0.05, 0.1) is 24.2 Å². The normalized spacial score (nSPS) is 14.9. The minimum absolute atomic E-state index is 0.0626. The maximum absolute atomic E-state index is 13.5. The van der Waals surface area contributed by atoms with Gasteiger partial charge in [-0.3, -0.25) is 19.4 Å². The third-order valence-electron chi connectivity index (χ3n) is 6.31. The summed E-state index contributed by atoms with van der Waals surface area (Å²) in [7, 11) is 0. The van der Waals surface area contributed by atoms with E-state index >= 15 is 0 Å². The molecular formula is C27H27N3O7. The Hall–Kier alpha value is -4.44. The lowest BCUT2D eigenvalue weighted by Crippen LogP contribution is -2.51. The van der Waals surface area contributed by atoms with Crippen LogP contribution in [0.4, 0.5) is 11.4 Å². The van der Waals surface area contributed by atoms with Crippen LogP contribution in [0.5, 0.6) is 0 Å². The molecule has 2 N–H and O–H groups in total. The molecule has 3 aromatic rings. The van der Waals surface area contributed by atoms with Crippen molar-refractivity contribution in [2.45, 2.75) is 12.8 Å². The third kappa shape index (κ3) is 6.04. The van der Waals surface area contributed by atoms with Gasteiger partial charge in [0.1, 0.15) is 0 Å². The first-order chi connectivity index (χ1) is 17.8. The van der Waals surface area contributed by atoms with Crippen molar-refractivity contribution in [2.24, 2.45) is 0 Å². The second-order valence-corrected chi connectivity index (χ2v) is 8.64. The summed E-state index contributed by atoms with van der Waals surface area (Å²) in [5.41, 5.74) is 4.34. The van der Waals surface area contributed by atoms with E-state index in [1.165, 1.54) is 17.4 Å². The van der Waals surface area contributed by atoms with Crippen molar-refractivity contribution in [1.82, 2.24) is 9.80 Å². The predicted molar refractivity (Wildman–Crippen MR) is 134 cm³/mol. The van der Waals surface area contributed by atoms with Gasteiger partial charge >= 0.3 is 11.9 Å². The lowest BCUT2D eigenvalue weighted by atomic mass is 10.0. The highest BCUT2D eigenvalue weighted by atomic mass is 16.4. The highest BCUT2D eigenvalue weighted by Crippen LogP contribution is 2.36. The largest absolute Gasteiger partial charge is 0.473 e. The first-order valence-corrected chi connectivity index (χ1v) is 11.8. The SMILES string of the molecule is O=C(O)C(=O)O.O=C(c1ccco1)N1CCN(CC(=O)N2c3ccccc3CCc3ccccc32)CC1. The molecule has 10 nitrogen and oxygen atoms in total. The smallest absolute Gasteiger partial charge is 0.414 e. The molecule has 2 aliphatic heterocycles. The zero-order valence-electron chi connectivity index (χ0n) is 20.1. The quantitative estimate of drug-likeness (QED) is 0.520. The summed E-state index contributed by atoms with van der Waals surface area (Å²) in [6.45, 7) is 2.82. The minimum Gasteiger partial charge on any atom is -0.473 e. The molecular weight excluding hydrogens is 478 g/mol. The number of carbonyl (C=O) groups excluding carboxylic acids is 2. The summed E-state index contributed by atoms with van der Waals surface area (Å²) in [4.78, 5) is 50.0. The van der Waals surface area contributed by atoms with E-state index in [9.17, 15) is 9.59 Å². The van der Waals surface area contributed by atoms with Gasteiger partial charge in [-0.25, -0.2) is 9.59 Å². The Kier molecular flexibility index (Phi) is 7.99. The number of amides is 2. The molecule has 0 saturated carbocycles. The number of hydrogen-bond acceptors (Lipinski definition) is 6. The topological polar surface area (TPSA) is 132 Å². The highest BCUT2D eigenvalue weighted by molar-refractivity contribution is 6.27. The molecule has 2 amide bonds. The molecule has 0 radical (unpaired) electrons. The summed E-state index contributed by atoms with van der Waals surface area (Å²) in [6, 6.07) is 19.8. The molecule has 1 aromatic heterocycles. The van der Waals surface area contributed by atoms with Crippen LogP contribution in [-0.2, 0) is 27.2 Å². The predicted octanol–water partition coefficient (Wildman–Crippen LogP) is 2.66. The van der Waals surface area contributed by atoms with Gasteiger partial charge in [0.25, 0.3) is 5.91 Å². The summed E-state index contributed by atoms with van der Waals surface area (Å²) >= 11 is 0. The molecule has 0 aliphatic carbocycles. The van der Waals surface area contributed by atoms with Crippen LogP contribution in [0.1, 0.15) is 21.7 Å². The average molecular weight is 506 g/mol. The zero-order valence-corrected chi connectivity index (χ0v) is 20.1. The fourth-order valence-electron chi connectivity index (χ4n) is 4.48. The van der Waals surface area contributed by atoms with Crippen molar-refractivity contribution in [2.75, 3.05) is 37.6 Å². The molecule has 1 saturated heterocycles. The molecule has 0 unspecified atom stereocenters. The van der Waals surface area contributed by atoms with Crippen molar-refractivity contribution in [1.29, 1.82) is 0 Å². The maximum atomic E-state index is 13.5. The number of rotatable bonds is 3. The van der Waals surface area contributed by atoms with Crippen LogP contribution in [0.15, 0.2) is 71.3 Å². The maximum Gasteiger partial charge on any atom is 0.414 e. The number of carboxylic acids is 2. The van der Waals surface area contributed by atoms with E-state index in [4.69, 9.17) is 24.2 Å². The summed E-state index contributed by atoms with van der Waals surface area (Å²) in [6.07, 6.45) is 3.36. The Balaban J connectivity index is 0.000000480. The Bertz CT molecular complexity index is 1220. The number of carbonyl (C=O) groups is 4. The zero-order chi connectivity index (χ0) is 26.4. The van der Waals surface area contributed by atoms with E-state index in [1.54, 1.807) is 17.0 Å². The monoisotopic (exact) mass is 505 g/mol. The number of para-hydroxylation sites is 2. The molecule has 2 aromatic carbocycles. The van der Waals surface area contributed by atoms with Crippen LogP contribution < -0.4 is 4.90 Å². The fourth-order valence-corrected chi connectivity index (χ4v) is 4.48. The molecule has 37 heavy (non-hydrogen) atoms. The standard InChI is InChI=1S/C25H25N3O3.C2H2O4/c29-24(18-26-13-15-27(16-14-26)25(30)23-10-5-17-31-23)28-21-8-3-1-6-19(21)11-12-20-7-2-4-9-22(20)28;3-1(4)2(5)6/h1-10,17H,11-16,18H2;(H,3,4)(H,5,6). The number of nitrogens with zero attached hydrogens (tertiary/aromatic N) is 3. The van der Waals surface area contributed by atoms with E-state index < -0.39 is 11.9 Å². The molecule has 0 atom stereocenters. The van der Waals surface area contributed by atoms with Gasteiger partial charge in [0.15, 0.2) is 5.76 Å². The molecule has 1 fully saturated rings. The van der Waals surface area contributed by atoms with Crippen molar-refractivity contribution in [3.63, 3.8) is 0 Å². The Morgan fingerprint density at radius 3 is 1.76 bits per heavy atom. The van der Waals surface area contributed by atoms with Gasteiger partial charge < -0.3 is 19.5 Å². The molecule has 10 heteroatoms. The molecule has 2 aliphatic rings. The number of carboxylic acid groups (broad SMARTS) is 2. The number of aryl methyl sites for hydroxylation is 2. The minimum atomic E-state index is -1.82. The fraction of sp³-hybridized carbons (Fsp3) is 0.259. The number of fused-ring (bicyclic) bond motifs is 2. The number of anilines is 2. The Morgan fingerprint density at radius 1 is 0.730 bits per heavy atom. The third-order valence-corrected chi connectivity index (χ3v) is 6.31. The first kappa shape index (κ1) is 25.6. The molecule has 3 heterocycles. The van der Waals surface area contributed by atoms with Gasteiger partial charge in [-0.2, -0.15) is 0 Å². The van der Waals surface area contributed by atoms with Crippen LogP contribution >= 0.6 is 0 Å². The van der Waals surface area contributed by atoms with Gasteiger partial charge in [-0.15, -0.1) is 0 Å². The second-order valence-electron chi connectivity index (χ2n) is 8.64. The van der Waals surface area contributed by atoms with Crippen LogP contribution in [0.25, 0.3) is 0 Å². The van der Waals surface area contributed by atoms with Crippen LogP contribution in [0, 0.1) is 0 Å². The van der Waals surface area contributed by atoms with Gasteiger partial charge in [-0.1, -0.05) is 36.4 Å². The number of hydrogen-bond donors (Lipinski definition) is 2. The van der Waals surface area contributed by atoms with Gasteiger partial charge in [0.2, 0.25) is 5.91 Å². The first-order valence-electron chi connectivity index (χ1n) is 11.8.